The van der Waals surface area contributed by atoms with Gasteiger partial charge in [-0.15, -0.1) is 0 Å². The zero-order valence-electron chi connectivity index (χ0n) is 17.1. The first-order valence-electron chi connectivity index (χ1n) is 7.73. The fraction of sp³-hybridized carbons (Fsp3) is 1.00. The van der Waals surface area contributed by atoms with Crippen LogP contribution in [0.25, 0.3) is 0 Å². The van der Waals surface area contributed by atoms with Crippen LogP contribution in [-0.2, 0) is 27.3 Å². The molecule has 0 heterocycles. The maximum Gasteiger partial charge on any atom is 2.00 e. The van der Waals surface area contributed by atoms with Crippen LogP contribution in [0.15, 0.2) is 0 Å². The maximum absolute atomic E-state index is 10.8. The number of aliphatic hydroxyl groups is 2. The van der Waals surface area contributed by atoms with Crippen LogP contribution in [0, 0.1) is 0 Å². The Bertz CT molecular complexity index is 586. The molecule has 14 nitrogen and oxygen atoms in total. The topological polar surface area (TPSA) is 266 Å². The van der Waals surface area contributed by atoms with E-state index in [9.17, 15) is 47.6 Å². The zero-order valence-corrected chi connectivity index (χ0v) is 27.3. The van der Waals surface area contributed by atoms with E-state index in [1.54, 1.807) is 13.8 Å². The van der Waals surface area contributed by atoms with Gasteiger partial charge in [0.2, 0.25) is 0 Å². The van der Waals surface area contributed by atoms with Crippen LogP contribution < -0.4 is 29.4 Å². The second-order valence-corrected chi connectivity index (χ2v) is 12.8. The Morgan fingerprint density at radius 2 is 0.871 bits per heavy atom. The van der Waals surface area contributed by atoms with E-state index >= 15 is 0 Å². The molecule has 0 aromatic heterocycles. The quantitative estimate of drug-likeness (QED) is 0.121. The van der Waals surface area contributed by atoms with Gasteiger partial charge in [-0.3, -0.25) is 0 Å². The van der Waals surface area contributed by atoms with Crippen molar-refractivity contribution in [2.45, 2.75) is 50.7 Å². The molecule has 172 valence electrons. The van der Waals surface area contributed by atoms with Gasteiger partial charge in [0.25, 0.3) is 0 Å². The summed E-state index contributed by atoms with van der Waals surface area (Å²) < 4.78 is 50.3. The van der Waals surface area contributed by atoms with Crippen molar-refractivity contribution in [3.8, 4) is 0 Å². The van der Waals surface area contributed by atoms with E-state index in [0.717, 1.165) is 0 Å². The van der Waals surface area contributed by atoms with E-state index in [-0.39, 0.29) is 126 Å². The SMILES string of the molecule is CCCCOP(=O)([O-])C(O)P(=O)([O-])[O-].CCCCOP(=O)([O-])C(O)P(=O)([O-])[O-].[Ca+2].[Ca+2].[Ca+2]. The van der Waals surface area contributed by atoms with Gasteiger partial charge in [-0.1, -0.05) is 26.7 Å². The van der Waals surface area contributed by atoms with Gasteiger partial charge < -0.3 is 66.9 Å². The van der Waals surface area contributed by atoms with Gasteiger partial charge in [0, 0.05) is 0 Å². The van der Waals surface area contributed by atoms with Gasteiger partial charge in [-0.25, -0.2) is 0 Å². The van der Waals surface area contributed by atoms with Crippen molar-refractivity contribution in [3.05, 3.63) is 0 Å². The molecule has 0 aromatic rings. The molecule has 2 N–H and O–H groups in total. The summed E-state index contributed by atoms with van der Waals surface area (Å²) in [5, 5.41) is 17.2. The predicted octanol–water partition coefficient (Wildman–Crippen LogP) is -4.05. The monoisotopic (exact) mass is 610 g/mol. The third-order valence-electron chi connectivity index (χ3n) is 2.67. The maximum atomic E-state index is 10.8. The van der Waals surface area contributed by atoms with E-state index in [1.165, 1.54) is 0 Å². The Morgan fingerprint density at radius 3 is 1.03 bits per heavy atom. The molecule has 0 spiro atoms. The molecule has 0 aliphatic carbocycles. The van der Waals surface area contributed by atoms with Crippen molar-refractivity contribution in [2.75, 3.05) is 13.2 Å². The van der Waals surface area contributed by atoms with Crippen LogP contribution >= 0.6 is 30.4 Å². The third kappa shape index (κ3) is 22.0. The van der Waals surface area contributed by atoms with Gasteiger partial charge >= 0.3 is 113 Å². The van der Waals surface area contributed by atoms with Crippen molar-refractivity contribution in [1.82, 2.24) is 0 Å². The normalized spacial score (nSPS) is 17.1. The first-order valence-corrected chi connectivity index (χ1v) is 14.2. The van der Waals surface area contributed by atoms with Crippen molar-refractivity contribution in [3.63, 3.8) is 0 Å². The second kappa shape index (κ2) is 21.3. The van der Waals surface area contributed by atoms with Gasteiger partial charge in [-0.2, -0.15) is 0 Å². The molecule has 4 atom stereocenters. The molecular formula is C10H22Ca3O14P4. The Hall–Kier alpha value is 4.30. The number of aliphatic hydroxyl groups excluding tert-OH is 2. The van der Waals surface area contributed by atoms with Gasteiger partial charge in [0.05, 0.1) is 13.2 Å². The largest absolute Gasteiger partial charge is 2.00 e. The Labute approximate surface area is 270 Å². The average molecular weight is 610 g/mol. The first-order chi connectivity index (χ1) is 12.4. The summed E-state index contributed by atoms with van der Waals surface area (Å²) in [5.74, 6) is 0. The minimum atomic E-state index is -5.57. The molecule has 0 aromatic carbocycles. The van der Waals surface area contributed by atoms with Crippen LogP contribution in [-0.4, -0.2) is 148 Å². The zero-order chi connectivity index (χ0) is 22.8. The summed E-state index contributed by atoms with van der Waals surface area (Å²) in [7, 11) is -21.2. The van der Waals surface area contributed by atoms with E-state index in [2.05, 4.69) is 9.05 Å². The smallest absolute Gasteiger partial charge is 0.809 e. The molecule has 0 fully saturated rings. The molecule has 0 aliphatic rings. The van der Waals surface area contributed by atoms with E-state index in [1.807, 2.05) is 0 Å². The summed E-state index contributed by atoms with van der Waals surface area (Å²) in [4.78, 5) is 62.4. The Kier molecular flexibility index (Phi) is 31.0. The van der Waals surface area contributed by atoms with Gasteiger partial charge in [-0.05, 0) is 28.0 Å². The fourth-order valence-electron chi connectivity index (χ4n) is 1.15. The molecule has 0 aliphatic heterocycles. The molecule has 0 saturated heterocycles. The summed E-state index contributed by atoms with van der Waals surface area (Å²) in [5.41, 5.74) is -5.99. The van der Waals surface area contributed by atoms with Crippen molar-refractivity contribution < 1.29 is 66.9 Å². The molecule has 21 heteroatoms. The van der Waals surface area contributed by atoms with Crippen LogP contribution in [0.5, 0.6) is 0 Å². The minimum Gasteiger partial charge on any atom is -0.809 e. The van der Waals surface area contributed by atoms with Crippen LogP contribution in [0.4, 0.5) is 0 Å². The standard InChI is InChI=1S/2C5H14O7P2.3Ca/c2*1-2-3-4-12-14(10,11)5(6)13(7,8)9;;;/h2*5-6H,2-4H2,1H3,(H,10,11)(H2,7,8,9);;;/q;;3*+2/p-6. The Balaban J connectivity index is -0.000000133. The molecule has 0 radical (unpaired) electrons. The summed E-state index contributed by atoms with van der Waals surface area (Å²) in [6.45, 7) is 3.05. The van der Waals surface area contributed by atoms with Crippen LogP contribution in [0.3, 0.4) is 0 Å². The average Bonchev–Trinajstić information content (AvgIpc) is 2.52. The minimum absolute atomic E-state index is 0. The van der Waals surface area contributed by atoms with E-state index in [4.69, 9.17) is 10.2 Å². The third-order valence-corrected chi connectivity index (χ3v) is 9.41. The summed E-state index contributed by atoms with van der Waals surface area (Å²) >= 11 is 0. The summed E-state index contributed by atoms with van der Waals surface area (Å²) in [6.07, 6.45) is 2.06. The second-order valence-electron chi connectivity index (χ2n) is 5.23. The number of rotatable bonds is 12. The first kappa shape index (κ1) is 45.2. The fourth-order valence-corrected chi connectivity index (χ4v) is 5.36. The molecular weight excluding hydrogens is 588 g/mol. The van der Waals surface area contributed by atoms with Crippen molar-refractivity contribution in [1.29, 1.82) is 0 Å². The summed E-state index contributed by atoms with van der Waals surface area (Å²) in [6, 6.07) is 0. The van der Waals surface area contributed by atoms with E-state index < -0.39 is 41.6 Å². The van der Waals surface area contributed by atoms with Crippen LogP contribution in [0.1, 0.15) is 39.5 Å². The van der Waals surface area contributed by atoms with Crippen molar-refractivity contribution >= 4 is 144 Å². The Morgan fingerprint density at radius 1 is 0.645 bits per heavy atom. The predicted molar refractivity (Wildman–Crippen MR) is 101 cm³/mol. The molecule has 31 heavy (non-hydrogen) atoms. The number of unbranched alkanes of at least 4 members (excludes halogenated alkanes) is 2. The van der Waals surface area contributed by atoms with E-state index in [0.29, 0.717) is 25.7 Å². The number of hydrogen-bond donors (Lipinski definition) is 2. The van der Waals surface area contributed by atoms with Gasteiger partial charge in [0.15, 0.2) is 15.2 Å². The van der Waals surface area contributed by atoms with Crippen molar-refractivity contribution in [2.24, 2.45) is 0 Å². The molecule has 0 rings (SSSR count). The molecule has 0 saturated carbocycles. The molecule has 0 amide bonds. The molecule has 0 bridgehead atoms. The molecule has 4 unspecified atom stereocenters. The van der Waals surface area contributed by atoms with Crippen LogP contribution in [0.2, 0.25) is 0 Å². The number of hydrogen-bond acceptors (Lipinski definition) is 14. The van der Waals surface area contributed by atoms with Gasteiger partial charge in [0.1, 0.15) is 11.2 Å².